The zero-order chi connectivity index (χ0) is 14.4. The molecule has 1 heterocycles. The van der Waals surface area contributed by atoms with Gasteiger partial charge in [0.25, 0.3) is 10.2 Å². The van der Waals surface area contributed by atoms with E-state index in [0.29, 0.717) is 19.5 Å². The van der Waals surface area contributed by atoms with Gasteiger partial charge in [-0.25, -0.2) is 9.71 Å². The van der Waals surface area contributed by atoms with Crippen LogP contribution in [-0.4, -0.2) is 36.3 Å². The molecule has 0 fully saturated rings. The van der Waals surface area contributed by atoms with Crippen LogP contribution in [0.3, 0.4) is 0 Å². The normalized spacial score (nSPS) is 11.9. The Hall–Kier alpha value is -1.70. The van der Waals surface area contributed by atoms with E-state index in [2.05, 4.69) is 14.7 Å². The lowest BCUT2D eigenvalue weighted by Crippen LogP contribution is -2.38. The minimum Gasteiger partial charge on any atom is -0.349 e. The van der Waals surface area contributed by atoms with Gasteiger partial charge in [0.05, 0.1) is 0 Å². The van der Waals surface area contributed by atoms with Crippen LogP contribution in [0.1, 0.15) is 11.4 Å². The first-order valence-electron chi connectivity index (χ1n) is 6.31. The van der Waals surface area contributed by atoms with Crippen LogP contribution in [0.25, 0.3) is 0 Å². The van der Waals surface area contributed by atoms with Crippen molar-refractivity contribution in [3.63, 3.8) is 0 Å². The minimum atomic E-state index is -3.47. The summed E-state index contributed by atoms with van der Waals surface area (Å²) in [6, 6.07) is 9.48. The van der Waals surface area contributed by atoms with Crippen LogP contribution in [0, 0.1) is 0 Å². The lowest BCUT2D eigenvalue weighted by molar-refractivity contribution is 0.455. The van der Waals surface area contributed by atoms with Gasteiger partial charge in [0.2, 0.25) is 0 Å². The molecule has 0 aliphatic carbocycles. The Labute approximate surface area is 119 Å². The summed E-state index contributed by atoms with van der Waals surface area (Å²) in [5.41, 5.74) is 0.950. The van der Waals surface area contributed by atoms with E-state index in [0.717, 1.165) is 11.4 Å². The first kappa shape index (κ1) is 14.7. The van der Waals surface area contributed by atoms with E-state index in [-0.39, 0.29) is 0 Å². The number of hydrogen-bond donors (Lipinski definition) is 2. The van der Waals surface area contributed by atoms with Crippen molar-refractivity contribution < 1.29 is 8.42 Å². The number of rotatable bonds is 7. The molecular formula is C13H18N4O2S. The maximum absolute atomic E-state index is 12.0. The quantitative estimate of drug-likeness (QED) is 0.797. The van der Waals surface area contributed by atoms with E-state index < -0.39 is 10.2 Å². The average Bonchev–Trinajstić information content (AvgIpc) is 2.93. The number of nitrogens with one attached hydrogen (secondary N) is 2. The van der Waals surface area contributed by atoms with Crippen molar-refractivity contribution in [1.82, 2.24) is 19.0 Å². The van der Waals surface area contributed by atoms with Crippen molar-refractivity contribution in [2.24, 2.45) is 0 Å². The van der Waals surface area contributed by atoms with E-state index in [9.17, 15) is 8.42 Å². The minimum absolute atomic E-state index is 0.314. The van der Waals surface area contributed by atoms with Gasteiger partial charge in [-0.2, -0.15) is 12.7 Å². The molecule has 0 radical (unpaired) electrons. The third-order valence-corrected chi connectivity index (χ3v) is 4.38. The Morgan fingerprint density at radius 2 is 2.05 bits per heavy atom. The number of H-pyrrole nitrogens is 1. The van der Waals surface area contributed by atoms with Crippen molar-refractivity contribution in [2.75, 3.05) is 13.6 Å². The molecule has 0 unspecified atom stereocenters. The van der Waals surface area contributed by atoms with Gasteiger partial charge in [-0.15, -0.1) is 0 Å². The van der Waals surface area contributed by atoms with E-state index in [1.807, 2.05) is 30.3 Å². The first-order chi connectivity index (χ1) is 9.58. The molecular weight excluding hydrogens is 276 g/mol. The first-order valence-corrected chi connectivity index (χ1v) is 7.75. The van der Waals surface area contributed by atoms with Crippen LogP contribution in [0.2, 0.25) is 0 Å². The van der Waals surface area contributed by atoms with E-state index >= 15 is 0 Å². The molecule has 0 bridgehead atoms. The van der Waals surface area contributed by atoms with Crippen molar-refractivity contribution in [2.45, 2.75) is 13.0 Å². The van der Waals surface area contributed by atoms with Crippen LogP contribution >= 0.6 is 0 Å². The van der Waals surface area contributed by atoms with Crippen molar-refractivity contribution in [1.29, 1.82) is 0 Å². The molecule has 0 atom stereocenters. The molecule has 0 aliphatic rings. The Balaban J connectivity index is 1.86. The Bertz CT molecular complexity index is 611. The highest BCUT2D eigenvalue weighted by Gasteiger charge is 2.17. The summed E-state index contributed by atoms with van der Waals surface area (Å²) >= 11 is 0. The number of benzene rings is 1. The fourth-order valence-corrected chi connectivity index (χ4v) is 2.67. The standard InChI is InChI=1S/C13H18N4O2S/c1-17(11-12-5-3-2-4-6-12)20(18,19)16-8-7-13-14-9-10-15-13/h2-6,9-10,16H,7-8,11H2,1H3,(H,14,15). The number of aromatic amines is 1. The summed E-state index contributed by atoms with van der Waals surface area (Å²) in [5.74, 6) is 0.762. The molecule has 0 spiro atoms. The Morgan fingerprint density at radius 3 is 2.70 bits per heavy atom. The summed E-state index contributed by atoms with van der Waals surface area (Å²) in [4.78, 5) is 6.98. The molecule has 20 heavy (non-hydrogen) atoms. The molecule has 2 rings (SSSR count). The van der Waals surface area contributed by atoms with Crippen LogP contribution < -0.4 is 4.72 Å². The van der Waals surface area contributed by atoms with Gasteiger partial charge < -0.3 is 4.98 Å². The van der Waals surface area contributed by atoms with Gasteiger partial charge >= 0.3 is 0 Å². The lowest BCUT2D eigenvalue weighted by atomic mass is 10.2. The second kappa shape index (κ2) is 6.65. The summed E-state index contributed by atoms with van der Waals surface area (Å²) < 4.78 is 27.9. The van der Waals surface area contributed by atoms with Gasteiger partial charge in [-0.1, -0.05) is 30.3 Å². The maximum Gasteiger partial charge on any atom is 0.279 e. The van der Waals surface area contributed by atoms with Crippen LogP contribution in [0.5, 0.6) is 0 Å². The summed E-state index contributed by atoms with van der Waals surface area (Å²) in [6.45, 7) is 0.659. The summed E-state index contributed by atoms with van der Waals surface area (Å²) in [5, 5.41) is 0. The monoisotopic (exact) mass is 294 g/mol. The molecule has 0 saturated heterocycles. The zero-order valence-electron chi connectivity index (χ0n) is 11.3. The number of imidazole rings is 1. The summed E-state index contributed by atoms with van der Waals surface area (Å²) in [7, 11) is -1.91. The predicted molar refractivity (Wildman–Crippen MR) is 77.1 cm³/mol. The van der Waals surface area contributed by atoms with Crippen LogP contribution in [-0.2, 0) is 23.2 Å². The van der Waals surface area contributed by atoms with Gasteiger partial charge in [0.15, 0.2) is 0 Å². The highest BCUT2D eigenvalue weighted by Crippen LogP contribution is 2.05. The SMILES string of the molecule is CN(Cc1ccccc1)S(=O)(=O)NCCc1ncc[nH]1. The van der Waals surface area contributed by atoms with Crippen molar-refractivity contribution in [3.8, 4) is 0 Å². The molecule has 0 aliphatic heterocycles. The van der Waals surface area contributed by atoms with Gasteiger partial charge in [-0.3, -0.25) is 0 Å². The molecule has 1 aromatic carbocycles. The van der Waals surface area contributed by atoms with Gasteiger partial charge in [0.1, 0.15) is 5.82 Å². The highest BCUT2D eigenvalue weighted by atomic mass is 32.2. The van der Waals surface area contributed by atoms with E-state index in [1.54, 1.807) is 19.4 Å². The second-order valence-corrected chi connectivity index (χ2v) is 6.29. The largest absolute Gasteiger partial charge is 0.349 e. The van der Waals surface area contributed by atoms with Crippen molar-refractivity contribution >= 4 is 10.2 Å². The molecule has 1 aromatic heterocycles. The topological polar surface area (TPSA) is 78.1 Å². The molecule has 6 nitrogen and oxygen atoms in total. The zero-order valence-corrected chi connectivity index (χ0v) is 12.1. The van der Waals surface area contributed by atoms with Gasteiger partial charge in [-0.05, 0) is 5.56 Å². The third-order valence-electron chi connectivity index (χ3n) is 2.86. The van der Waals surface area contributed by atoms with Crippen molar-refractivity contribution in [3.05, 3.63) is 54.1 Å². The number of hydrogen-bond acceptors (Lipinski definition) is 3. The molecule has 108 valence electrons. The molecule has 2 aromatic rings. The second-order valence-electron chi connectivity index (χ2n) is 4.43. The van der Waals surface area contributed by atoms with Gasteiger partial charge in [0, 0.05) is 39.0 Å². The molecule has 0 amide bonds. The molecule has 0 saturated carbocycles. The third kappa shape index (κ3) is 4.16. The molecule has 2 N–H and O–H groups in total. The average molecular weight is 294 g/mol. The fourth-order valence-electron chi connectivity index (χ4n) is 1.77. The number of nitrogens with zero attached hydrogens (tertiary/aromatic N) is 2. The predicted octanol–water partition coefficient (Wildman–Crippen LogP) is 0.919. The van der Waals surface area contributed by atoms with Crippen LogP contribution in [0.4, 0.5) is 0 Å². The maximum atomic E-state index is 12.0. The fraction of sp³-hybridized carbons (Fsp3) is 0.308. The Morgan fingerprint density at radius 1 is 1.30 bits per heavy atom. The van der Waals surface area contributed by atoms with E-state index in [1.165, 1.54) is 4.31 Å². The highest BCUT2D eigenvalue weighted by molar-refractivity contribution is 7.87. The lowest BCUT2D eigenvalue weighted by Gasteiger charge is -2.17. The van der Waals surface area contributed by atoms with Crippen LogP contribution in [0.15, 0.2) is 42.7 Å². The van der Waals surface area contributed by atoms with E-state index in [4.69, 9.17) is 0 Å². The Kier molecular flexibility index (Phi) is 4.89. The summed E-state index contributed by atoms with van der Waals surface area (Å²) in [6.07, 6.45) is 3.89. The number of aromatic nitrogens is 2. The molecule has 7 heteroatoms. The smallest absolute Gasteiger partial charge is 0.279 e.